The fraction of sp³-hybridized carbons (Fsp3) is 0.167. The van der Waals surface area contributed by atoms with Gasteiger partial charge in [0.1, 0.15) is 0 Å². The molecule has 1 amide bonds. The van der Waals surface area contributed by atoms with Gasteiger partial charge in [0.2, 0.25) is 10.0 Å². The number of carbonyl (C=O) groups is 1. The molecule has 0 aliphatic carbocycles. The van der Waals surface area contributed by atoms with Gasteiger partial charge in [0, 0.05) is 23.0 Å². The summed E-state index contributed by atoms with van der Waals surface area (Å²) in [7, 11) is -3.32. The minimum Gasteiger partial charge on any atom is -0.305 e. The van der Waals surface area contributed by atoms with E-state index < -0.39 is 10.0 Å². The third kappa shape index (κ3) is 3.82. The van der Waals surface area contributed by atoms with Crippen LogP contribution >= 0.6 is 0 Å². The highest BCUT2D eigenvalue weighted by Crippen LogP contribution is 2.12. The van der Waals surface area contributed by atoms with Crippen LogP contribution in [-0.2, 0) is 10.0 Å². The first-order valence-electron chi connectivity index (χ1n) is 5.75. The molecule has 3 N–H and O–H groups in total. The summed E-state index contributed by atoms with van der Waals surface area (Å²) in [6, 6.07) is 7.81. The van der Waals surface area contributed by atoms with Crippen molar-refractivity contribution in [3.63, 3.8) is 0 Å². The van der Waals surface area contributed by atoms with Gasteiger partial charge < -0.3 is 5.32 Å². The van der Waals surface area contributed by atoms with Gasteiger partial charge in [0.25, 0.3) is 5.91 Å². The Labute approximate surface area is 116 Å². The third-order valence-electron chi connectivity index (χ3n) is 2.40. The Morgan fingerprint density at radius 2 is 1.90 bits per heavy atom. The zero-order valence-corrected chi connectivity index (χ0v) is 11.8. The molecule has 1 heterocycles. The van der Waals surface area contributed by atoms with Crippen molar-refractivity contribution in [2.75, 3.05) is 16.3 Å². The molecule has 0 bridgehead atoms. The van der Waals surface area contributed by atoms with Crippen LogP contribution in [0.3, 0.4) is 0 Å². The molecule has 8 heteroatoms. The molecule has 0 saturated carbocycles. The number of amides is 1. The molecule has 0 aliphatic heterocycles. The molecule has 106 valence electrons. The highest BCUT2D eigenvalue weighted by molar-refractivity contribution is 7.92. The van der Waals surface area contributed by atoms with Crippen LogP contribution in [-0.4, -0.2) is 30.8 Å². The second kappa shape index (κ2) is 5.33. The van der Waals surface area contributed by atoms with Gasteiger partial charge in [-0.1, -0.05) is 0 Å². The summed E-state index contributed by atoms with van der Waals surface area (Å²) in [5, 5.41) is 9.24. The number of hydrogen-bond donors (Lipinski definition) is 3. The van der Waals surface area contributed by atoms with E-state index in [0.717, 1.165) is 11.9 Å². The number of carbonyl (C=O) groups excluding carboxylic acids is 1. The number of anilines is 2. The van der Waals surface area contributed by atoms with Crippen LogP contribution in [0.15, 0.2) is 30.3 Å². The summed E-state index contributed by atoms with van der Waals surface area (Å²) < 4.78 is 24.4. The zero-order valence-electron chi connectivity index (χ0n) is 11.0. The van der Waals surface area contributed by atoms with Crippen molar-refractivity contribution in [2.24, 2.45) is 0 Å². The molecule has 2 aromatic rings. The number of aryl methyl sites for hydroxylation is 1. The first-order valence-corrected chi connectivity index (χ1v) is 7.64. The summed E-state index contributed by atoms with van der Waals surface area (Å²) in [5.41, 5.74) is 1.65. The highest BCUT2D eigenvalue weighted by atomic mass is 32.2. The smallest absolute Gasteiger partial charge is 0.256 e. The number of H-pyrrole nitrogens is 1. The second-order valence-electron chi connectivity index (χ2n) is 4.34. The maximum atomic E-state index is 11.9. The van der Waals surface area contributed by atoms with E-state index in [2.05, 4.69) is 20.2 Å². The van der Waals surface area contributed by atoms with Crippen molar-refractivity contribution in [2.45, 2.75) is 6.92 Å². The minimum atomic E-state index is -3.32. The van der Waals surface area contributed by atoms with Gasteiger partial charge in [0.15, 0.2) is 5.82 Å². The summed E-state index contributed by atoms with van der Waals surface area (Å²) >= 11 is 0. The van der Waals surface area contributed by atoms with Gasteiger partial charge in [-0.25, -0.2) is 8.42 Å². The number of hydrogen-bond acceptors (Lipinski definition) is 4. The molecule has 0 atom stereocenters. The Hall–Kier alpha value is -2.35. The molecule has 20 heavy (non-hydrogen) atoms. The highest BCUT2D eigenvalue weighted by Gasteiger charge is 2.08. The monoisotopic (exact) mass is 294 g/mol. The Kier molecular flexibility index (Phi) is 3.75. The maximum Gasteiger partial charge on any atom is 0.256 e. The standard InChI is InChI=1S/C12H14N4O3S/c1-8-7-11(15-14-8)13-12(17)9-3-5-10(6-4-9)16-20(2,18)19/h3-7,16H,1-2H3,(H2,13,14,15,17). The van der Waals surface area contributed by atoms with E-state index in [1.54, 1.807) is 6.07 Å². The Balaban J connectivity index is 2.07. The predicted molar refractivity (Wildman–Crippen MR) is 76.2 cm³/mol. The van der Waals surface area contributed by atoms with E-state index in [1.165, 1.54) is 24.3 Å². The van der Waals surface area contributed by atoms with Gasteiger partial charge in [0.05, 0.1) is 6.26 Å². The zero-order chi connectivity index (χ0) is 14.8. The number of benzene rings is 1. The number of nitrogens with one attached hydrogen (secondary N) is 3. The summed E-state index contributed by atoms with van der Waals surface area (Å²) in [4.78, 5) is 11.9. The average Bonchev–Trinajstić information content (AvgIpc) is 2.73. The number of nitrogens with zero attached hydrogens (tertiary/aromatic N) is 1. The molecule has 0 saturated heterocycles. The molecule has 1 aromatic heterocycles. The lowest BCUT2D eigenvalue weighted by molar-refractivity contribution is 0.102. The molecule has 1 aromatic carbocycles. The largest absolute Gasteiger partial charge is 0.305 e. The molecule has 0 aliphatic rings. The van der Waals surface area contributed by atoms with Gasteiger partial charge in [-0.15, -0.1) is 0 Å². The van der Waals surface area contributed by atoms with Crippen molar-refractivity contribution >= 4 is 27.4 Å². The Morgan fingerprint density at radius 1 is 1.25 bits per heavy atom. The second-order valence-corrected chi connectivity index (χ2v) is 6.09. The number of aromatic amines is 1. The SMILES string of the molecule is Cc1cc(NC(=O)c2ccc(NS(C)(=O)=O)cc2)n[nH]1. The van der Waals surface area contributed by atoms with Crippen molar-refractivity contribution in [1.82, 2.24) is 10.2 Å². The molecular formula is C12H14N4O3S. The molecule has 0 fully saturated rings. The molecule has 0 spiro atoms. The number of sulfonamides is 1. The topological polar surface area (TPSA) is 104 Å². The Bertz CT molecular complexity index is 719. The number of rotatable bonds is 4. The lowest BCUT2D eigenvalue weighted by Crippen LogP contribution is -2.13. The predicted octanol–water partition coefficient (Wildman–Crippen LogP) is 1.34. The van der Waals surface area contributed by atoms with Gasteiger partial charge in [-0.05, 0) is 31.2 Å². The average molecular weight is 294 g/mol. The van der Waals surface area contributed by atoms with Gasteiger partial charge >= 0.3 is 0 Å². The summed E-state index contributed by atoms with van der Waals surface area (Å²) in [6.07, 6.45) is 1.06. The molecule has 0 unspecified atom stereocenters. The minimum absolute atomic E-state index is 0.317. The van der Waals surface area contributed by atoms with E-state index in [1.807, 2.05) is 6.92 Å². The molecule has 2 rings (SSSR count). The fourth-order valence-corrected chi connectivity index (χ4v) is 2.14. The van der Waals surface area contributed by atoms with Crippen molar-refractivity contribution < 1.29 is 13.2 Å². The third-order valence-corrected chi connectivity index (χ3v) is 3.00. The number of aromatic nitrogens is 2. The molecule has 0 radical (unpaired) electrons. The van der Waals surface area contributed by atoms with Crippen molar-refractivity contribution in [1.29, 1.82) is 0 Å². The fourth-order valence-electron chi connectivity index (χ4n) is 1.57. The summed E-state index contributed by atoms with van der Waals surface area (Å²) in [5.74, 6) is 0.119. The van der Waals surface area contributed by atoms with Crippen LogP contribution in [0.25, 0.3) is 0 Å². The lowest BCUT2D eigenvalue weighted by Gasteiger charge is -2.05. The first kappa shape index (κ1) is 14.1. The van der Waals surface area contributed by atoms with Crippen LogP contribution in [0.4, 0.5) is 11.5 Å². The van der Waals surface area contributed by atoms with E-state index in [9.17, 15) is 13.2 Å². The van der Waals surface area contributed by atoms with Gasteiger partial charge in [-0.2, -0.15) is 5.10 Å². The maximum absolute atomic E-state index is 11.9. The first-order chi connectivity index (χ1) is 9.33. The lowest BCUT2D eigenvalue weighted by atomic mass is 10.2. The van der Waals surface area contributed by atoms with Crippen molar-refractivity contribution in [3.8, 4) is 0 Å². The van der Waals surface area contributed by atoms with E-state index in [4.69, 9.17) is 0 Å². The van der Waals surface area contributed by atoms with Crippen LogP contribution in [0, 0.1) is 6.92 Å². The van der Waals surface area contributed by atoms with E-state index in [0.29, 0.717) is 17.1 Å². The van der Waals surface area contributed by atoms with Crippen LogP contribution in [0.2, 0.25) is 0 Å². The quantitative estimate of drug-likeness (QED) is 0.791. The Morgan fingerprint density at radius 3 is 2.40 bits per heavy atom. The molecule has 7 nitrogen and oxygen atoms in total. The normalized spacial score (nSPS) is 11.1. The van der Waals surface area contributed by atoms with Gasteiger partial charge in [-0.3, -0.25) is 14.6 Å². The molecular weight excluding hydrogens is 280 g/mol. The summed E-state index contributed by atoms with van der Waals surface area (Å²) in [6.45, 7) is 1.83. The van der Waals surface area contributed by atoms with E-state index in [-0.39, 0.29) is 5.91 Å². The van der Waals surface area contributed by atoms with Crippen LogP contribution in [0.1, 0.15) is 16.1 Å². The van der Waals surface area contributed by atoms with E-state index >= 15 is 0 Å². The van der Waals surface area contributed by atoms with Crippen LogP contribution in [0.5, 0.6) is 0 Å². The van der Waals surface area contributed by atoms with Crippen LogP contribution < -0.4 is 10.0 Å². The van der Waals surface area contributed by atoms with Crippen molar-refractivity contribution in [3.05, 3.63) is 41.6 Å².